The molecule has 144 valence electrons. The molecule has 1 aliphatic rings. The van der Waals surface area contributed by atoms with E-state index in [-0.39, 0.29) is 5.91 Å². The molecule has 1 heterocycles. The Morgan fingerprint density at radius 3 is 2.86 bits per heavy atom. The van der Waals surface area contributed by atoms with Gasteiger partial charge in [0, 0.05) is 31.7 Å². The maximum Gasteiger partial charge on any atom is 0.234 e. The van der Waals surface area contributed by atoms with E-state index in [0.29, 0.717) is 15.8 Å². The molecule has 4 rings (SSSR count). The van der Waals surface area contributed by atoms with Crippen LogP contribution in [0.25, 0.3) is 10.9 Å². The highest BCUT2D eigenvalue weighted by molar-refractivity contribution is 8.00. The molecule has 1 aromatic heterocycles. The predicted molar refractivity (Wildman–Crippen MR) is 119 cm³/mol. The van der Waals surface area contributed by atoms with Crippen LogP contribution in [0.4, 0.5) is 5.69 Å². The van der Waals surface area contributed by atoms with Crippen molar-refractivity contribution in [1.29, 1.82) is 0 Å². The summed E-state index contributed by atoms with van der Waals surface area (Å²) < 4.78 is 0. The summed E-state index contributed by atoms with van der Waals surface area (Å²) >= 11 is 14.0. The summed E-state index contributed by atoms with van der Waals surface area (Å²) in [7, 11) is 0. The Morgan fingerprint density at radius 2 is 2.00 bits per heavy atom. The van der Waals surface area contributed by atoms with Gasteiger partial charge in [0.15, 0.2) is 0 Å². The van der Waals surface area contributed by atoms with Gasteiger partial charge in [0.05, 0.1) is 11.3 Å². The lowest BCUT2D eigenvalue weighted by Crippen LogP contribution is -2.15. The lowest BCUT2D eigenvalue weighted by molar-refractivity contribution is -0.113. The zero-order valence-electron chi connectivity index (χ0n) is 15.5. The summed E-state index contributed by atoms with van der Waals surface area (Å²) in [6, 6.07) is 11.3. The van der Waals surface area contributed by atoms with Gasteiger partial charge in [0.25, 0.3) is 0 Å². The molecule has 1 amide bonds. The standard InChI is InChI=1S/C22H20Cl2N2OS/c1-13-17(24)6-4-8-18(13)26-21(27)12-28-22-15-5-2-3-7-19(15)25-20-10-9-14(23)11-16(20)22/h4,6,8-11H,2-3,5,7,12H2,1H3,(H,26,27). The van der Waals surface area contributed by atoms with E-state index < -0.39 is 0 Å². The van der Waals surface area contributed by atoms with Gasteiger partial charge < -0.3 is 5.32 Å². The number of hydrogen-bond acceptors (Lipinski definition) is 3. The normalized spacial score (nSPS) is 13.4. The smallest absolute Gasteiger partial charge is 0.234 e. The van der Waals surface area contributed by atoms with E-state index in [9.17, 15) is 4.79 Å². The minimum Gasteiger partial charge on any atom is -0.325 e. The number of nitrogens with zero attached hydrogens (tertiary/aromatic N) is 1. The molecule has 6 heteroatoms. The zero-order valence-corrected chi connectivity index (χ0v) is 17.8. The van der Waals surface area contributed by atoms with Crippen LogP contribution in [0.1, 0.15) is 29.7 Å². The highest BCUT2D eigenvalue weighted by Gasteiger charge is 2.19. The predicted octanol–water partition coefficient (Wildman–Crippen LogP) is 6.46. The van der Waals surface area contributed by atoms with E-state index in [1.54, 1.807) is 11.8 Å². The summed E-state index contributed by atoms with van der Waals surface area (Å²) in [5.41, 5.74) is 5.01. The second kappa shape index (κ2) is 8.32. The summed E-state index contributed by atoms with van der Waals surface area (Å²) in [6.45, 7) is 1.90. The third-order valence-electron chi connectivity index (χ3n) is 5.06. The molecule has 0 aliphatic heterocycles. The van der Waals surface area contributed by atoms with Crippen LogP contribution < -0.4 is 5.32 Å². The van der Waals surface area contributed by atoms with Crippen molar-refractivity contribution in [3.05, 3.63) is 63.3 Å². The molecule has 0 spiro atoms. The summed E-state index contributed by atoms with van der Waals surface area (Å²) in [4.78, 5) is 18.6. The number of thioether (sulfide) groups is 1. The van der Waals surface area contributed by atoms with Crippen molar-refractivity contribution in [1.82, 2.24) is 4.98 Å². The summed E-state index contributed by atoms with van der Waals surface area (Å²) in [5.74, 6) is 0.274. The third kappa shape index (κ3) is 4.00. The van der Waals surface area contributed by atoms with E-state index in [4.69, 9.17) is 28.2 Å². The molecule has 3 nitrogen and oxygen atoms in total. The average molecular weight is 431 g/mol. The number of fused-ring (bicyclic) bond motifs is 2. The molecular formula is C22H20Cl2N2OS. The van der Waals surface area contributed by atoms with Crippen LogP contribution in [0.3, 0.4) is 0 Å². The van der Waals surface area contributed by atoms with Crippen LogP contribution in [0.5, 0.6) is 0 Å². The highest BCUT2D eigenvalue weighted by Crippen LogP contribution is 2.37. The largest absolute Gasteiger partial charge is 0.325 e. The second-order valence-corrected chi connectivity index (χ2v) is 8.81. The summed E-state index contributed by atoms with van der Waals surface area (Å²) in [6.07, 6.45) is 4.32. The van der Waals surface area contributed by atoms with E-state index in [1.807, 2.05) is 43.3 Å². The number of anilines is 1. The topological polar surface area (TPSA) is 42.0 Å². The maximum atomic E-state index is 12.6. The van der Waals surface area contributed by atoms with Gasteiger partial charge in [-0.1, -0.05) is 29.3 Å². The number of carbonyl (C=O) groups is 1. The quantitative estimate of drug-likeness (QED) is 0.482. The number of carbonyl (C=O) groups excluding carboxylic acids is 1. The van der Waals surface area contributed by atoms with Crippen molar-refractivity contribution in [3.8, 4) is 0 Å². The van der Waals surface area contributed by atoms with Crippen molar-refractivity contribution < 1.29 is 4.79 Å². The number of amides is 1. The average Bonchev–Trinajstić information content (AvgIpc) is 2.69. The first kappa shape index (κ1) is 19.6. The molecule has 1 aliphatic carbocycles. The van der Waals surface area contributed by atoms with Crippen LogP contribution in [-0.4, -0.2) is 16.6 Å². The van der Waals surface area contributed by atoms with E-state index in [0.717, 1.165) is 58.4 Å². The number of aryl methyl sites for hydroxylation is 1. The Bertz CT molecular complexity index is 1070. The minimum absolute atomic E-state index is 0.0492. The maximum absolute atomic E-state index is 12.6. The van der Waals surface area contributed by atoms with Crippen molar-refractivity contribution in [3.63, 3.8) is 0 Å². The Kier molecular flexibility index (Phi) is 5.81. The van der Waals surface area contributed by atoms with Gasteiger partial charge in [0.1, 0.15) is 0 Å². The molecule has 1 N–H and O–H groups in total. The van der Waals surface area contributed by atoms with Crippen LogP contribution in [0.15, 0.2) is 41.3 Å². The lowest BCUT2D eigenvalue weighted by atomic mass is 9.94. The fourth-order valence-electron chi connectivity index (χ4n) is 3.58. The van der Waals surface area contributed by atoms with Crippen LogP contribution in [0, 0.1) is 6.92 Å². The van der Waals surface area contributed by atoms with Crippen molar-refractivity contribution >= 4 is 57.5 Å². The van der Waals surface area contributed by atoms with Gasteiger partial charge in [-0.05, 0) is 74.1 Å². The first-order valence-corrected chi connectivity index (χ1v) is 11.1. The van der Waals surface area contributed by atoms with Crippen molar-refractivity contribution in [2.24, 2.45) is 0 Å². The Morgan fingerprint density at radius 1 is 1.18 bits per heavy atom. The molecule has 2 aromatic carbocycles. The van der Waals surface area contributed by atoms with Gasteiger partial charge >= 0.3 is 0 Å². The SMILES string of the molecule is Cc1c(Cl)cccc1NC(=O)CSc1c2c(nc3ccc(Cl)cc13)CCCC2. The lowest BCUT2D eigenvalue weighted by Gasteiger charge is -2.20. The molecule has 28 heavy (non-hydrogen) atoms. The van der Waals surface area contributed by atoms with Crippen molar-refractivity contribution in [2.75, 3.05) is 11.1 Å². The molecule has 0 atom stereocenters. The minimum atomic E-state index is -0.0492. The van der Waals surface area contributed by atoms with Gasteiger partial charge in [-0.15, -0.1) is 11.8 Å². The fourth-order valence-corrected chi connectivity index (χ4v) is 4.99. The molecule has 0 bridgehead atoms. The third-order valence-corrected chi connectivity index (χ3v) is 6.87. The first-order chi connectivity index (χ1) is 13.5. The molecular weight excluding hydrogens is 411 g/mol. The monoisotopic (exact) mass is 430 g/mol. The van der Waals surface area contributed by atoms with E-state index >= 15 is 0 Å². The van der Waals surface area contributed by atoms with Crippen LogP contribution in [-0.2, 0) is 17.6 Å². The molecule has 0 saturated carbocycles. The number of aromatic nitrogens is 1. The van der Waals surface area contributed by atoms with Gasteiger partial charge in [-0.2, -0.15) is 0 Å². The molecule has 3 aromatic rings. The number of hydrogen-bond donors (Lipinski definition) is 1. The Hall–Kier alpha value is -1.75. The molecule has 0 saturated heterocycles. The van der Waals surface area contributed by atoms with E-state index in [1.165, 1.54) is 5.56 Å². The number of pyridine rings is 1. The second-order valence-electron chi connectivity index (χ2n) is 6.98. The van der Waals surface area contributed by atoms with Crippen LogP contribution in [0.2, 0.25) is 10.0 Å². The molecule has 0 radical (unpaired) electrons. The Labute approximate surface area is 178 Å². The van der Waals surface area contributed by atoms with Crippen molar-refractivity contribution in [2.45, 2.75) is 37.5 Å². The Balaban J connectivity index is 1.61. The molecule has 0 fully saturated rings. The number of benzene rings is 2. The van der Waals surface area contributed by atoms with Crippen LogP contribution >= 0.6 is 35.0 Å². The van der Waals surface area contributed by atoms with E-state index in [2.05, 4.69) is 5.32 Å². The van der Waals surface area contributed by atoms with Gasteiger partial charge in [-0.3, -0.25) is 9.78 Å². The number of halogens is 2. The number of rotatable bonds is 4. The van der Waals surface area contributed by atoms with Gasteiger partial charge in [0.2, 0.25) is 5.91 Å². The fraction of sp³-hybridized carbons (Fsp3) is 0.273. The number of nitrogens with one attached hydrogen (secondary N) is 1. The first-order valence-electron chi connectivity index (χ1n) is 9.31. The zero-order chi connectivity index (χ0) is 19.7. The molecule has 0 unspecified atom stereocenters. The summed E-state index contributed by atoms with van der Waals surface area (Å²) in [5, 5.41) is 5.34. The highest BCUT2D eigenvalue weighted by atomic mass is 35.5. The van der Waals surface area contributed by atoms with Gasteiger partial charge in [-0.25, -0.2) is 0 Å².